The molecule has 0 saturated carbocycles. The minimum Gasteiger partial charge on any atom is -0.481 e. The molecule has 1 aromatic heterocycles. The highest BCUT2D eigenvalue weighted by molar-refractivity contribution is 8.00. The molecule has 12 nitrogen and oxygen atoms in total. The summed E-state index contributed by atoms with van der Waals surface area (Å²) in [6.07, 6.45) is 4.78. The average Bonchev–Trinajstić information content (AvgIpc) is 3.64. The normalized spacial score (nSPS) is 20.6. The number of carboxylic acid groups (broad SMARTS) is 1. The first kappa shape index (κ1) is 32.2. The van der Waals surface area contributed by atoms with Gasteiger partial charge in [-0.2, -0.15) is 11.8 Å². The van der Waals surface area contributed by atoms with E-state index in [1.807, 2.05) is 56.1 Å². The second kappa shape index (κ2) is 15.1. The standard InChI is InChI=1S/C30H42N6O6S/c1-17(2)13-21(28(40)31-12-11-26(38)39)34-29(41)22(14-18-15-32-20-8-4-3-7-19(18)20)33-25(37)10-6-5-9-24-27-23(16-43-24)35-30(42)36-27/h3-4,7-8,15,17,21-24,27,32H,5-6,9-14,16H2,1-2H3,(H,31,40)(H,33,37)(H,34,41)(H,38,39)(H2,35,36,42)/t21-,22-,23-,24-,27-/m0/s1. The van der Waals surface area contributed by atoms with Crippen LogP contribution in [0.15, 0.2) is 30.5 Å². The quantitative estimate of drug-likeness (QED) is 0.112. The zero-order chi connectivity index (χ0) is 30.9. The Hall–Kier alpha value is -3.74. The number of hydrogen-bond donors (Lipinski definition) is 7. The van der Waals surface area contributed by atoms with Gasteiger partial charge in [-0.05, 0) is 36.8 Å². The zero-order valence-electron chi connectivity index (χ0n) is 24.6. The third-order valence-corrected chi connectivity index (χ3v) is 9.32. The van der Waals surface area contributed by atoms with Crippen LogP contribution in [-0.2, 0) is 25.6 Å². The lowest BCUT2D eigenvalue weighted by atomic mass is 10.0. The summed E-state index contributed by atoms with van der Waals surface area (Å²) in [5.74, 6) is -1.25. The van der Waals surface area contributed by atoms with Crippen molar-refractivity contribution < 1.29 is 29.1 Å². The van der Waals surface area contributed by atoms with Crippen LogP contribution in [0.1, 0.15) is 57.9 Å². The molecule has 2 aromatic rings. The van der Waals surface area contributed by atoms with Crippen LogP contribution in [0, 0.1) is 5.92 Å². The molecule has 1 aromatic carbocycles. The smallest absolute Gasteiger partial charge is 0.315 e. The van der Waals surface area contributed by atoms with Gasteiger partial charge in [-0.25, -0.2) is 4.79 Å². The van der Waals surface area contributed by atoms with Gasteiger partial charge in [-0.15, -0.1) is 0 Å². The number of thioether (sulfide) groups is 1. The van der Waals surface area contributed by atoms with Crippen molar-refractivity contribution in [3.05, 3.63) is 36.0 Å². The summed E-state index contributed by atoms with van der Waals surface area (Å²) < 4.78 is 0. The van der Waals surface area contributed by atoms with Crippen molar-refractivity contribution in [2.75, 3.05) is 12.3 Å². The molecule has 5 amide bonds. The summed E-state index contributed by atoms with van der Waals surface area (Å²) in [6, 6.07) is 6.08. The number of aromatic amines is 1. The van der Waals surface area contributed by atoms with E-state index in [4.69, 9.17) is 5.11 Å². The molecule has 43 heavy (non-hydrogen) atoms. The molecule has 2 aliphatic rings. The third-order valence-electron chi connectivity index (χ3n) is 7.81. The fourth-order valence-electron chi connectivity index (χ4n) is 5.66. The fourth-order valence-corrected chi connectivity index (χ4v) is 7.20. The Labute approximate surface area is 255 Å². The number of fused-ring (bicyclic) bond motifs is 2. The van der Waals surface area contributed by atoms with Crippen LogP contribution in [0.4, 0.5) is 4.79 Å². The molecule has 234 valence electrons. The van der Waals surface area contributed by atoms with Gasteiger partial charge in [-0.3, -0.25) is 19.2 Å². The Morgan fingerprint density at radius 1 is 1.02 bits per heavy atom. The van der Waals surface area contributed by atoms with Gasteiger partial charge in [0, 0.05) is 47.5 Å². The summed E-state index contributed by atoms with van der Waals surface area (Å²) in [5, 5.41) is 24.4. The summed E-state index contributed by atoms with van der Waals surface area (Å²) >= 11 is 1.84. The first-order chi connectivity index (χ1) is 20.6. The number of carbonyl (C=O) groups is 5. The van der Waals surface area contributed by atoms with Crippen molar-refractivity contribution in [1.29, 1.82) is 0 Å². The van der Waals surface area contributed by atoms with E-state index in [0.717, 1.165) is 35.1 Å². The predicted octanol–water partition coefficient (Wildman–Crippen LogP) is 2.04. The van der Waals surface area contributed by atoms with Gasteiger partial charge in [-0.1, -0.05) is 38.5 Å². The third kappa shape index (κ3) is 9.12. The highest BCUT2D eigenvalue weighted by Gasteiger charge is 2.42. The molecule has 3 heterocycles. The first-order valence-corrected chi connectivity index (χ1v) is 16.0. The summed E-state index contributed by atoms with van der Waals surface area (Å²) in [7, 11) is 0. The monoisotopic (exact) mass is 614 g/mol. The number of H-pyrrole nitrogens is 1. The molecular weight excluding hydrogens is 572 g/mol. The molecule has 7 N–H and O–H groups in total. The van der Waals surface area contributed by atoms with Crippen LogP contribution in [-0.4, -0.2) is 81.5 Å². The SMILES string of the molecule is CC(C)C[C@H](NC(=O)[C@H](Cc1c[nH]c2ccccc12)NC(=O)CCCC[C@@H]1SC[C@@H]2NC(=O)N[C@@H]21)C(=O)NCCC(=O)O. The molecule has 0 unspecified atom stereocenters. The number of para-hydroxylation sites is 1. The maximum Gasteiger partial charge on any atom is 0.315 e. The Balaban J connectivity index is 1.37. The van der Waals surface area contributed by atoms with Crippen LogP contribution in [0.5, 0.6) is 0 Å². The van der Waals surface area contributed by atoms with Crippen molar-refractivity contribution in [3.63, 3.8) is 0 Å². The molecule has 5 atom stereocenters. The van der Waals surface area contributed by atoms with E-state index in [0.29, 0.717) is 18.1 Å². The van der Waals surface area contributed by atoms with E-state index in [2.05, 4.69) is 31.6 Å². The lowest BCUT2D eigenvalue weighted by Crippen LogP contribution is -2.54. The number of carboxylic acids is 1. The van der Waals surface area contributed by atoms with Gasteiger partial charge < -0.3 is 36.7 Å². The Kier molecular flexibility index (Phi) is 11.3. The van der Waals surface area contributed by atoms with Crippen molar-refractivity contribution in [3.8, 4) is 0 Å². The summed E-state index contributed by atoms with van der Waals surface area (Å²) in [4.78, 5) is 65.2. The molecule has 2 fully saturated rings. The highest BCUT2D eigenvalue weighted by Crippen LogP contribution is 2.33. The predicted molar refractivity (Wildman–Crippen MR) is 165 cm³/mol. The second-order valence-corrected chi connectivity index (χ2v) is 12.9. The maximum absolute atomic E-state index is 13.6. The number of nitrogens with one attached hydrogen (secondary N) is 6. The summed E-state index contributed by atoms with van der Waals surface area (Å²) in [5.41, 5.74) is 1.78. The van der Waals surface area contributed by atoms with Gasteiger partial charge in [0.15, 0.2) is 0 Å². The van der Waals surface area contributed by atoms with Gasteiger partial charge in [0.1, 0.15) is 12.1 Å². The molecule has 2 saturated heterocycles. The number of unbranched alkanes of at least 4 members (excludes halogenated alkanes) is 1. The van der Waals surface area contributed by atoms with Gasteiger partial charge in [0.05, 0.1) is 18.5 Å². The van der Waals surface area contributed by atoms with Gasteiger partial charge in [0.25, 0.3) is 0 Å². The lowest BCUT2D eigenvalue weighted by molar-refractivity contribution is -0.137. The van der Waals surface area contributed by atoms with Gasteiger partial charge >= 0.3 is 12.0 Å². The van der Waals surface area contributed by atoms with E-state index in [-0.39, 0.29) is 55.7 Å². The number of benzene rings is 1. The largest absolute Gasteiger partial charge is 0.481 e. The van der Waals surface area contributed by atoms with Crippen LogP contribution < -0.4 is 26.6 Å². The van der Waals surface area contributed by atoms with Gasteiger partial charge in [0.2, 0.25) is 17.7 Å². The minimum absolute atomic E-state index is 0.0439. The van der Waals surface area contributed by atoms with Crippen LogP contribution in [0.25, 0.3) is 10.9 Å². The lowest BCUT2D eigenvalue weighted by Gasteiger charge is -2.24. The Morgan fingerprint density at radius 2 is 1.81 bits per heavy atom. The molecule has 13 heteroatoms. The molecule has 0 radical (unpaired) electrons. The van der Waals surface area contributed by atoms with Crippen LogP contribution >= 0.6 is 11.8 Å². The van der Waals surface area contributed by atoms with Crippen LogP contribution in [0.2, 0.25) is 0 Å². The van der Waals surface area contributed by atoms with E-state index >= 15 is 0 Å². The molecule has 0 aliphatic carbocycles. The molecule has 2 aliphatic heterocycles. The van der Waals surface area contributed by atoms with Crippen molar-refractivity contribution >= 4 is 52.4 Å². The molecular formula is C30H42N6O6S. The highest BCUT2D eigenvalue weighted by atomic mass is 32.2. The van der Waals surface area contributed by atoms with Crippen molar-refractivity contribution in [2.24, 2.45) is 5.92 Å². The molecule has 0 spiro atoms. The minimum atomic E-state index is -1.03. The number of aromatic nitrogens is 1. The number of aliphatic carboxylic acids is 1. The number of carbonyl (C=O) groups excluding carboxylic acids is 4. The summed E-state index contributed by atoms with van der Waals surface area (Å²) in [6.45, 7) is 3.81. The maximum atomic E-state index is 13.6. The first-order valence-electron chi connectivity index (χ1n) is 14.9. The van der Waals surface area contributed by atoms with Crippen molar-refractivity contribution in [2.45, 2.75) is 88.2 Å². The number of hydrogen-bond acceptors (Lipinski definition) is 6. The Bertz CT molecular complexity index is 1320. The average molecular weight is 615 g/mol. The Morgan fingerprint density at radius 3 is 2.58 bits per heavy atom. The molecule has 4 rings (SSSR count). The number of rotatable bonds is 16. The van der Waals surface area contributed by atoms with E-state index in [9.17, 15) is 24.0 Å². The number of amides is 5. The fraction of sp³-hybridized carbons (Fsp3) is 0.567. The van der Waals surface area contributed by atoms with E-state index in [1.165, 1.54) is 0 Å². The number of urea groups is 1. The van der Waals surface area contributed by atoms with Crippen molar-refractivity contribution in [1.82, 2.24) is 31.6 Å². The van der Waals surface area contributed by atoms with E-state index < -0.39 is 29.9 Å². The zero-order valence-corrected chi connectivity index (χ0v) is 25.4. The molecule has 0 bridgehead atoms. The van der Waals surface area contributed by atoms with Crippen LogP contribution in [0.3, 0.4) is 0 Å². The van der Waals surface area contributed by atoms with E-state index in [1.54, 1.807) is 0 Å². The topological polar surface area (TPSA) is 182 Å². The second-order valence-electron chi connectivity index (χ2n) is 11.7.